The fourth-order valence-electron chi connectivity index (χ4n) is 5.82. The lowest BCUT2D eigenvalue weighted by Gasteiger charge is -2.33. The van der Waals surface area contributed by atoms with Gasteiger partial charge < -0.3 is 15.5 Å². The molecule has 0 aromatic heterocycles. The quantitative estimate of drug-likeness (QED) is 0.415. The number of halogens is 2. The Balaban J connectivity index is 1.10. The Morgan fingerprint density at radius 1 is 1.07 bits per heavy atom. The number of rotatable bonds is 6. The van der Waals surface area contributed by atoms with Gasteiger partial charge in [-0.15, -0.1) is 0 Å². The van der Waals surface area contributed by atoms with E-state index >= 15 is 0 Å². The molecule has 0 bridgehead atoms. The number of carbonyl (C=O) groups is 4. The zero-order valence-electron chi connectivity index (χ0n) is 22.6. The van der Waals surface area contributed by atoms with Crippen LogP contribution >= 0.6 is 0 Å². The van der Waals surface area contributed by atoms with Gasteiger partial charge in [-0.2, -0.15) is 0 Å². The summed E-state index contributed by atoms with van der Waals surface area (Å²) in [6.07, 6.45) is 3.89. The summed E-state index contributed by atoms with van der Waals surface area (Å²) in [5.41, 5.74) is 8.68. The molecule has 8 nitrogen and oxygen atoms in total. The third kappa shape index (κ3) is 6.30. The summed E-state index contributed by atoms with van der Waals surface area (Å²) in [5, 5.41) is 2.32. The number of imide groups is 1. The molecule has 10 heteroatoms. The van der Waals surface area contributed by atoms with Gasteiger partial charge in [0.2, 0.25) is 17.7 Å². The SMILES string of the molecule is N[C@@H](Cc1ccc(F)c(F)c1)C(=O)N1CCC(CCC#Cc2cccc3c2CN(C2CCC(=O)NC2=O)C3=O)CC1. The topological polar surface area (TPSA) is 113 Å². The van der Waals surface area contributed by atoms with E-state index in [1.807, 2.05) is 6.07 Å². The van der Waals surface area contributed by atoms with Crippen molar-refractivity contribution >= 4 is 23.6 Å². The van der Waals surface area contributed by atoms with Crippen LogP contribution in [0, 0.1) is 29.4 Å². The summed E-state index contributed by atoms with van der Waals surface area (Å²) in [7, 11) is 0. The molecule has 3 heterocycles. The maximum Gasteiger partial charge on any atom is 0.255 e. The molecule has 0 aliphatic carbocycles. The number of nitrogens with zero attached hydrogens (tertiary/aromatic N) is 2. The highest BCUT2D eigenvalue weighted by atomic mass is 19.2. The van der Waals surface area contributed by atoms with Crippen molar-refractivity contribution in [2.24, 2.45) is 11.7 Å². The Bertz CT molecular complexity index is 1440. The van der Waals surface area contributed by atoms with Gasteiger partial charge in [0.05, 0.1) is 6.04 Å². The van der Waals surface area contributed by atoms with Crippen molar-refractivity contribution in [3.05, 3.63) is 70.3 Å². The highest BCUT2D eigenvalue weighted by Crippen LogP contribution is 2.29. The van der Waals surface area contributed by atoms with Crippen molar-refractivity contribution in [3.8, 4) is 11.8 Å². The fraction of sp³-hybridized carbons (Fsp3) is 0.419. The molecule has 2 aromatic rings. The molecule has 0 saturated carbocycles. The summed E-state index contributed by atoms with van der Waals surface area (Å²) in [6.45, 7) is 1.47. The van der Waals surface area contributed by atoms with Gasteiger partial charge in [0.25, 0.3) is 5.91 Å². The van der Waals surface area contributed by atoms with Gasteiger partial charge in [0.15, 0.2) is 11.6 Å². The number of piperidine rings is 2. The van der Waals surface area contributed by atoms with Crippen LogP contribution in [0.2, 0.25) is 0 Å². The Morgan fingerprint density at radius 3 is 2.59 bits per heavy atom. The van der Waals surface area contributed by atoms with Gasteiger partial charge in [-0.25, -0.2) is 8.78 Å². The summed E-state index contributed by atoms with van der Waals surface area (Å²) in [5.74, 6) is 3.81. The lowest BCUT2D eigenvalue weighted by atomic mass is 9.91. The van der Waals surface area contributed by atoms with Crippen LogP contribution in [-0.2, 0) is 27.3 Å². The molecule has 2 saturated heterocycles. The Labute approximate surface area is 237 Å². The van der Waals surface area contributed by atoms with Gasteiger partial charge in [-0.05, 0) is 73.4 Å². The highest BCUT2D eigenvalue weighted by molar-refractivity contribution is 6.05. The third-order valence-corrected chi connectivity index (χ3v) is 8.17. The van der Waals surface area contributed by atoms with Gasteiger partial charge in [-0.3, -0.25) is 24.5 Å². The zero-order valence-corrected chi connectivity index (χ0v) is 22.6. The number of nitrogens with one attached hydrogen (secondary N) is 1. The van der Waals surface area contributed by atoms with Crippen molar-refractivity contribution in [3.63, 3.8) is 0 Å². The molecule has 0 spiro atoms. The summed E-state index contributed by atoms with van der Waals surface area (Å²) >= 11 is 0. The number of hydrogen-bond donors (Lipinski definition) is 2. The Morgan fingerprint density at radius 2 is 1.85 bits per heavy atom. The Kier molecular flexibility index (Phi) is 8.45. The maximum atomic E-state index is 13.5. The molecular weight excluding hydrogens is 530 g/mol. The van der Waals surface area contributed by atoms with Gasteiger partial charge in [-0.1, -0.05) is 24.0 Å². The second-order valence-corrected chi connectivity index (χ2v) is 10.9. The van der Waals surface area contributed by atoms with E-state index in [1.54, 1.807) is 17.0 Å². The number of carbonyl (C=O) groups excluding carboxylic acids is 4. The molecule has 214 valence electrons. The second-order valence-electron chi connectivity index (χ2n) is 10.9. The molecule has 3 N–H and O–H groups in total. The molecule has 3 aliphatic heterocycles. The van der Waals surface area contributed by atoms with Crippen molar-refractivity contribution < 1.29 is 28.0 Å². The average molecular weight is 563 g/mol. The number of likely N-dealkylation sites (tertiary alicyclic amines) is 1. The molecule has 0 radical (unpaired) electrons. The van der Waals surface area contributed by atoms with E-state index in [0.717, 1.165) is 42.5 Å². The molecule has 2 aromatic carbocycles. The minimum absolute atomic E-state index is 0.144. The van der Waals surface area contributed by atoms with Crippen LogP contribution < -0.4 is 11.1 Å². The number of nitrogens with two attached hydrogens (primary N) is 1. The van der Waals surface area contributed by atoms with Crippen LogP contribution in [0.3, 0.4) is 0 Å². The lowest BCUT2D eigenvalue weighted by molar-refractivity contribution is -0.137. The zero-order chi connectivity index (χ0) is 29.1. The van der Waals surface area contributed by atoms with Crippen molar-refractivity contribution in [2.45, 2.75) is 63.6 Å². The summed E-state index contributed by atoms with van der Waals surface area (Å²) < 4.78 is 26.6. The average Bonchev–Trinajstić information content (AvgIpc) is 3.29. The predicted molar refractivity (Wildman–Crippen MR) is 146 cm³/mol. The lowest BCUT2D eigenvalue weighted by Crippen LogP contribution is -2.52. The van der Waals surface area contributed by atoms with Crippen LogP contribution in [-0.4, -0.2) is 58.6 Å². The fourth-order valence-corrected chi connectivity index (χ4v) is 5.82. The first-order valence-corrected chi connectivity index (χ1v) is 13.9. The van der Waals surface area contributed by atoms with E-state index in [9.17, 15) is 28.0 Å². The number of amides is 4. The van der Waals surface area contributed by atoms with Crippen LogP contribution in [0.25, 0.3) is 0 Å². The predicted octanol–water partition coefficient (Wildman–Crippen LogP) is 2.67. The van der Waals surface area contributed by atoms with Gasteiger partial charge in [0.1, 0.15) is 6.04 Å². The summed E-state index contributed by atoms with van der Waals surface area (Å²) in [6, 6.07) is 7.49. The van der Waals surface area contributed by atoms with Crippen molar-refractivity contribution in [1.29, 1.82) is 0 Å². The largest absolute Gasteiger partial charge is 0.341 e. The highest BCUT2D eigenvalue weighted by Gasteiger charge is 2.39. The number of hydrogen-bond acceptors (Lipinski definition) is 5. The Hall–Kier alpha value is -4.10. The van der Waals surface area contributed by atoms with Crippen molar-refractivity contribution in [1.82, 2.24) is 15.1 Å². The molecule has 3 aliphatic rings. The molecule has 41 heavy (non-hydrogen) atoms. The second kappa shape index (κ2) is 12.2. The molecule has 2 fully saturated rings. The minimum atomic E-state index is -0.953. The molecule has 1 unspecified atom stereocenters. The van der Waals surface area contributed by atoms with Gasteiger partial charge in [0, 0.05) is 43.6 Å². The third-order valence-electron chi connectivity index (χ3n) is 8.17. The molecule has 4 amide bonds. The molecular formula is C31H32F2N4O4. The van der Waals surface area contributed by atoms with E-state index in [4.69, 9.17) is 5.73 Å². The first-order valence-electron chi connectivity index (χ1n) is 13.9. The maximum absolute atomic E-state index is 13.5. The van der Waals surface area contributed by atoms with Crippen LogP contribution in [0.15, 0.2) is 36.4 Å². The smallest absolute Gasteiger partial charge is 0.255 e. The standard InChI is InChI=1S/C31H32F2N4O4/c32-24-9-8-20(16-25(24)33)17-26(34)31(41)36-14-12-19(13-15-36)4-1-2-5-21-6-3-7-22-23(21)18-37(30(22)40)27-10-11-28(38)35-29(27)39/h3,6-9,16,19,26-27H,1,4,10-15,17-18,34H2,(H,35,38,39)/t26-,27?/m0/s1. The normalized spacial score (nSPS) is 19.9. The molecule has 2 atom stereocenters. The minimum Gasteiger partial charge on any atom is -0.341 e. The number of benzene rings is 2. The van der Waals surface area contributed by atoms with E-state index < -0.39 is 29.6 Å². The van der Waals surface area contributed by atoms with E-state index in [2.05, 4.69) is 17.2 Å². The monoisotopic (exact) mass is 562 g/mol. The van der Waals surface area contributed by atoms with Crippen LogP contribution in [0.5, 0.6) is 0 Å². The van der Waals surface area contributed by atoms with E-state index in [0.29, 0.717) is 43.0 Å². The van der Waals surface area contributed by atoms with E-state index in [-0.39, 0.29) is 37.1 Å². The first-order chi connectivity index (χ1) is 19.7. The molecule has 5 rings (SSSR count). The van der Waals surface area contributed by atoms with Crippen LogP contribution in [0.4, 0.5) is 8.78 Å². The first kappa shape index (κ1) is 28.4. The van der Waals surface area contributed by atoms with Crippen molar-refractivity contribution in [2.75, 3.05) is 13.1 Å². The van der Waals surface area contributed by atoms with Crippen LogP contribution in [0.1, 0.15) is 65.6 Å². The summed E-state index contributed by atoms with van der Waals surface area (Å²) in [4.78, 5) is 52.9. The van der Waals surface area contributed by atoms with E-state index in [1.165, 1.54) is 11.0 Å². The number of fused-ring (bicyclic) bond motifs is 1. The van der Waals surface area contributed by atoms with Gasteiger partial charge >= 0.3 is 0 Å².